The van der Waals surface area contributed by atoms with Gasteiger partial charge in [0.1, 0.15) is 0 Å². The van der Waals surface area contributed by atoms with E-state index in [-0.39, 0.29) is 16.8 Å². The molecule has 3 rings (SSSR count). The van der Waals surface area contributed by atoms with Gasteiger partial charge >= 0.3 is 0 Å². The Morgan fingerprint density at radius 3 is 2.13 bits per heavy atom. The number of carbonyl (C=O) groups excluding carboxylic acids is 1. The Morgan fingerprint density at radius 2 is 1.57 bits per heavy atom. The molecule has 0 radical (unpaired) electrons. The van der Waals surface area contributed by atoms with E-state index in [4.69, 9.17) is 11.6 Å². The smallest absolute Gasteiger partial charge is 0.251 e. The van der Waals surface area contributed by atoms with Gasteiger partial charge in [0.25, 0.3) is 5.91 Å². The van der Waals surface area contributed by atoms with Gasteiger partial charge < -0.3 is 5.32 Å². The molecular weight excluding hydrogens is 438 g/mol. The first-order chi connectivity index (χ1) is 14.2. The maximum Gasteiger partial charge on any atom is 0.251 e. The third-order valence-electron chi connectivity index (χ3n) is 4.59. The molecule has 0 bridgehead atoms. The van der Waals surface area contributed by atoms with Crippen molar-refractivity contribution in [3.8, 4) is 0 Å². The topological polar surface area (TPSA) is 63.2 Å². The Hall–Kier alpha value is -2.28. The van der Waals surface area contributed by atoms with Gasteiger partial charge in [-0.2, -0.15) is 0 Å². The molecule has 156 valence electrons. The lowest BCUT2D eigenvalue weighted by atomic mass is 10.1. The maximum absolute atomic E-state index is 12.6. The summed E-state index contributed by atoms with van der Waals surface area (Å²) in [5.41, 5.74) is 2.54. The molecule has 4 nitrogen and oxygen atoms in total. The average molecular weight is 460 g/mol. The van der Waals surface area contributed by atoms with E-state index in [9.17, 15) is 13.2 Å². The summed E-state index contributed by atoms with van der Waals surface area (Å²) < 4.78 is 23.1. The highest BCUT2D eigenvalue weighted by molar-refractivity contribution is 7.98. The zero-order chi connectivity index (χ0) is 21.7. The molecule has 1 atom stereocenters. The fraction of sp³-hybridized carbons (Fsp3) is 0.174. The molecule has 7 heteroatoms. The second-order valence-corrected chi connectivity index (χ2v) is 10.5. The summed E-state index contributed by atoms with van der Waals surface area (Å²) >= 11 is 7.61. The van der Waals surface area contributed by atoms with Crippen LogP contribution < -0.4 is 5.32 Å². The van der Waals surface area contributed by atoms with Crippen molar-refractivity contribution >= 4 is 39.1 Å². The molecule has 0 aliphatic carbocycles. The Kier molecular flexibility index (Phi) is 7.23. The summed E-state index contributed by atoms with van der Waals surface area (Å²) in [6.45, 7) is 1.87. The summed E-state index contributed by atoms with van der Waals surface area (Å²) in [6.07, 6.45) is 1.17. The van der Waals surface area contributed by atoms with Crippen molar-refractivity contribution < 1.29 is 13.2 Å². The lowest BCUT2D eigenvalue weighted by molar-refractivity contribution is 0.0940. The van der Waals surface area contributed by atoms with Gasteiger partial charge in [0.05, 0.1) is 10.9 Å². The van der Waals surface area contributed by atoms with Crippen LogP contribution in [0, 0.1) is 0 Å². The number of hydrogen-bond donors (Lipinski definition) is 1. The monoisotopic (exact) mass is 459 g/mol. The van der Waals surface area contributed by atoms with Crippen LogP contribution in [0.4, 0.5) is 0 Å². The van der Waals surface area contributed by atoms with Gasteiger partial charge in [0.15, 0.2) is 9.84 Å². The van der Waals surface area contributed by atoms with Crippen LogP contribution in [0.5, 0.6) is 0 Å². The minimum Gasteiger partial charge on any atom is -0.346 e. The molecule has 1 N–H and O–H groups in total. The maximum atomic E-state index is 12.6. The molecule has 0 heterocycles. The Bertz CT molecular complexity index is 1110. The molecule has 3 aromatic carbocycles. The van der Waals surface area contributed by atoms with E-state index >= 15 is 0 Å². The molecule has 0 aliphatic rings. The van der Waals surface area contributed by atoms with Crippen LogP contribution in [0.15, 0.2) is 82.6 Å². The molecular formula is C23H22ClNO3S2. The quantitative estimate of drug-likeness (QED) is 0.472. The van der Waals surface area contributed by atoms with Crippen molar-refractivity contribution in [1.82, 2.24) is 5.32 Å². The van der Waals surface area contributed by atoms with Crippen LogP contribution in [0.2, 0.25) is 5.02 Å². The fourth-order valence-corrected chi connectivity index (χ4v) is 4.43. The average Bonchev–Trinajstić information content (AvgIpc) is 2.73. The van der Waals surface area contributed by atoms with Crippen LogP contribution in [-0.2, 0) is 15.6 Å². The standard InChI is InChI=1S/C23H22ClNO3S2/c1-16(18-7-13-22(14-8-18)30(2,27)28)25-23(26)19-5-3-17(4-6-19)15-29-21-11-9-20(24)10-12-21/h3-14,16H,15H2,1-2H3,(H,25,26). The van der Waals surface area contributed by atoms with Crippen LogP contribution in [-0.4, -0.2) is 20.6 Å². The van der Waals surface area contributed by atoms with Gasteiger partial charge in [0.2, 0.25) is 0 Å². The highest BCUT2D eigenvalue weighted by Gasteiger charge is 2.13. The zero-order valence-electron chi connectivity index (χ0n) is 16.6. The van der Waals surface area contributed by atoms with Crippen molar-refractivity contribution in [2.24, 2.45) is 0 Å². The number of hydrogen-bond acceptors (Lipinski definition) is 4. The van der Waals surface area contributed by atoms with Gasteiger partial charge in [-0.1, -0.05) is 35.9 Å². The van der Waals surface area contributed by atoms with E-state index in [1.807, 2.05) is 55.5 Å². The molecule has 3 aromatic rings. The molecule has 0 spiro atoms. The van der Waals surface area contributed by atoms with Crippen molar-refractivity contribution in [1.29, 1.82) is 0 Å². The Morgan fingerprint density at radius 1 is 0.967 bits per heavy atom. The Labute approximate surface area is 186 Å². The van der Waals surface area contributed by atoms with Gasteiger partial charge in [-0.15, -0.1) is 11.8 Å². The van der Waals surface area contributed by atoms with Gasteiger partial charge in [0, 0.05) is 27.5 Å². The largest absolute Gasteiger partial charge is 0.346 e. The van der Waals surface area contributed by atoms with Gasteiger partial charge in [-0.05, 0) is 66.6 Å². The van der Waals surface area contributed by atoms with E-state index < -0.39 is 9.84 Å². The van der Waals surface area contributed by atoms with Crippen molar-refractivity contribution in [2.75, 3.05) is 6.26 Å². The first kappa shape index (κ1) is 22.4. The van der Waals surface area contributed by atoms with Crippen LogP contribution in [0.25, 0.3) is 0 Å². The normalized spacial score (nSPS) is 12.4. The summed E-state index contributed by atoms with van der Waals surface area (Å²) in [5.74, 6) is 0.624. The van der Waals surface area contributed by atoms with E-state index in [1.54, 1.807) is 36.0 Å². The number of amides is 1. The van der Waals surface area contributed by atoms with Gasteiger partial charge in [-0.25, -0.2) is 8.42 Å². The molecule has 0 saturated carbocycles. The third kappa shape index (κ3) is 6.11. The van der Waals surface area contributed by atoms with E-state index in [2.05, 4.69) is 5.32 Å². The number of rotatable bonds is 7. The van der Waals surface area contributed by atoms with Crippen molar-refractivity contribution in [3.63, 3.8) is 0 Å². The first-order valence-electron chi connectivity index (χ1n) is 9.30. The Balaban J connectivity index is 1.58. The number of carbonyl (C=O) groups is 1. The minimum atomic E-state index is -3.23. The molecule has 0 aromatic heterocycles. The lowest BCUT2D eigenvalue weighted by Gasteiger charge is -2.15. The second-order valence-electron chi connectivity index (χ2n) is 6.98. The van der Waals surface area contributed by atoms with Gasteiger partial charge in [-0.3, -0.25) is 4.79 Å². The summed E-state index contributed by atoms with van der Waals surface area (Å²) in [4.78, 5) is 13.9. The van der Waals surface area contributed by atoms with Crippen LogP contribution in [0.3, 0.4) is 0 Å². The highest BCUT2D eigenvalue weighted by Crippen LogP contribution is 2.24. The molecule has 0 fully saturated rings. The molecule has 0 aliphatic heterocycles. The van der Waals surface area contributed by atoms with E-state index in [0.717, 1.165) is 26.8 Å². The van der Waals surface area contributed by atoms with E-state index in [1.165, 1.54) is 6.26 Å². The number of sulfone groups is 1. The lowest BCUT2D eigenvalue weighted by Crippen LogP contribution is -2.26. The molecule has 1 amide bonds. The number of benzene rings is 3. The number of halogens is 1. The number of thioether (sulfide) groups is 1. The van der Waals surface area contributed by atoms with Crippen molar-refractivity contribution in [3.05, 3.63) is 94.5 Å². The summed E-state index contributed by atoms with van der Waals surface area (Å²) in [6, 6.07) is 21.5. The highest BCUT2D eigenvalue weighted by atomic mass is 35.5. The molecule has 30 heavy (non-hydrogen) atoms. The summed E-state index contributed by atoms with van der Waals surface area (Å²) in [7, 11) is -3.23. The molecule has 1 unspecified atom stereocenters. The second kappa shape index (κ2) is 9.69. The van der Waals surface area contributed by atoms with Crippen LogP contribution >= 0.6 is 23.4 Å². The summed E-state index contributed by atoms with van der Waals surface area (Å²) in [5, 5.41) is 3.67. The van der Waals surface area contributed by atoms with Crippen molar-refractivity contribution in [2.45, 2.75) is 28.5 Å². The first-order valence-corrected chi connectivity index (χ1v) is 12.6. The predicted octanol–water partition coefficient (Wildman–Crippen LogP) is 5.53. The number of nitrogens with one attached hydrogen (secondary N) is 1. The van der Waals surface area contributed by atoms with E-state index in [0.29, 0.717) is 5.56 Å². The molecule has 0 saturated heterocycles. The minimum absolute atomic E-state index is 0.174. The third-order valence-corrected chi connectivity index (χ3v) is 7.05. The fourth-order valence-electron chi connectivity index (χ4n) is 2.82. The van der Waals surface area contributed by atoms with Crippen LogP contribution in [0.1, 0.15) is 34.5 Å². The predicted molar refractivity (Wildman–Crippen MR) is 123 cm³/mol. The zero-order valence-corrected chi connectivity index (χ0v) is 19.0. The SMILES string of the molecule is CC(NC(=O)c1ccc(CSc2ccc(Cl)cc2)cc1)c1ccc(S(C)(=O)=O)cc1.